The van der Waals surface area contributed by atoms with Gasteiger partial charge in [0.05, 0.1) is 4.90 Å². The fourth-order valence-corrected chi connectivity index (χ4v) is 4.47. The van der Waals surface area contributed by atoms with Gasteiger partial charge in [0.2, 0.25) is 0 Å². The molecule has 1 fully saturated rings. The SMILES string of the molecule is Cc1ccc(S(=O)(=O)[N-]N=C2CC(c3ccccc3)(c3ccccc3)C2)cc1.[Na+]. The van der Waals surface area contributed by atoms with E-state index in [1.807, 2.05) is 43.3 Å². The average Bonchev–Trinajstić information content (AvgIpc) is 2.69. The normalized spacial score (nSPS) is 15.0. The van der Waals surface area contributed by atoms with Crippen LogP contribution in [0.2, 0.25) is 0 Å². The van der Waals surface area contributed by atoms with Crippen LogP contribution in [0.4, 0.5) is 0 Å². The molecule has 0 bridgehead atoms. The zero-order valence-electron chi connectivity index (χ0n) is 16.6. The number of rotatable bonds is 5. The van der Waals surface area contributed by atoms with E-state index in [2.05, 4.69) is 34.2 Å². The zero-order chi connectivity index (χ0) is 19.6. The van der Waals surface area contributed by atoms with Gasteiger partial charge in [-0.3, -0.25) is 0 Å². The average molecular weight is 412 g/mol. The van der Waals surface area contributed by atoms with Crippen LogP contribution < -0.4 is 29.6 Å². The van der Waals surface area contributed by atoms with Gasteiger partial charge >= 0.3 is 29.6 Å². The second-order valence-corrected chi connectivity index (χ2v) is 8.79. The third-order valence-electron chi connectivity index (χ3n) is 5.27. The Morgan fingerprint density at radius 2 is 1.28 bits per heavy atom. The van der Waals surface area contributed by atoms with Crippen molar-refractivity contribution in [1.29, 1.82) is 0 Å². The minimum atomic E-state index is -3.78. The molecule has 0 N–H and O–H groups in total. The van der Waals surface area contributed by atoms with Crippen LogP contribution in [-0.2, 0) is 15.4 Å². The predicted octanol–water partition coefficient (Wildman–Crippen LogP) is 2.20. The van der Waals surface area contributed by atoms with Crippen LogP contribution in [0.1, 0.15) is 29.5 Å². The Hall–Kier alpha value is -1.92. The summed E-state index contributed by atoms with van der Waals surface area (Å²) in [6, 6.07) is 27.2. The van der Waals surface area contributed by atoms with E-state index < -0.39 is 10.0 Å². The van der Waals surface area contributed by atoms with Gasteiger partial charge in [0.1, 0.15) is 10.0 Å². The molecule has 1 aliphatic rings. The van der Waals surface area contributed by atoms with Crippen molar-refractivity contribution < 1.29 is 38.0 Å². The van der Waals surface area contributed by atoms with Crippen LogP contribution in [0.25, 0.3) is 4.83 Å². The summed E-state index contributed by atoms with van der Waals surface area (Å²) in [5.41, 5.74) is 4.04. The molecule has 1 saturated carbocycles. The molecular formula is C23H21N2NaO2S. The maximum absolute atomic E-state index is 12.4. The van der Waals surface area contributed by atoms with Gasteiger partial charge in [0, 0.05) is 5.41 Å². The fourth-order valence-electron chi connectivity index (χ4n) is 3.67. The van der Waals surface area contributed by atoms with E-state index in [0.717, 1.165) is 11.3 Å². The van der Waals surface area contributed by atoms with Crippen molar-refractivity contribution in [2.24, 2.45) is 5.10 Å². The molecule has 0 amide bonds. The Bertz CT molecular complexity index is 1050. The molecule has 0 unspecified atom stereocenters. The molecule has 0 aliphatic heterocycles. The number of nitrogens with zero attached hydrogens (tertiary/aromatic N) is 2. The maximum atomic E-state index is 12.4. The predicted molar refractivity (Wildman–Crippen MR) is 112 cm³/mol. The summed E-state index contributed by atoms with van der Waals surface area (Å²) in [5.74, 6) is 0. The molecule has 3 aromatic rings. The monoisotopic (exact) mass is 412 g/mol. The first kappa shape index (κ1) is 21.8. The van der Waals surface area contributed by atoms with E-state index in [9.17, 15) is 8.42 Å². The zero-order valence-corrected chi connectivity index (χ0v) is 19.4. The van der Waals surface area contributed by atoms with Crippen molar-refractivity contribution in [3.8, 4) is 0 Å². The molecule has 0 saturated heterocycles. The van der Waals surface area contributed by atoms with Gasteiger partial charge in [-0.15, -0.1) is 0 Å². The minimum Gasteiger partial charge on any atom is -0.491 e. The molecule has 4 rings (SSSR count). The second-order valence-electron chi connectivity index (χ2n) is 7.20. The molecule has 0 atom stereocenters. The van der Waals surface area contributed by atoms with Gasteiger partial charge in [0.15, 0.2) is 0 Å². The molecule has 0 radical (unpaired) electrons. The summed E-state index contributed by atoms with van der Waals surface area (Å²) in [7, 11) is -3.78. The maximum Gasteiger partial charge on any atom is 1.00 e. The standard InChI is InChI=1S/C23H21N2O2S.Na/c1-18-12-14-22(15-13-18)28(26,27)25-24-21-16-23(17-21,19-8-4-2-5-9-19)20-10-6-3-7-11-20;/h2-15H,16-17H2,1H3;/q-1;+1. The molecule has 6 heteroatoms. The topological polar surface area (TPSA) is 60.6 Å². The number of hydrogen-bond acceptors (Lipinski definition) is 3. The van der Waals surface area contributed by atoms with Gasteiger partial charge in [-0.2, -0.15) is 0 Å². The van der Waals surface area contributed by atoms with Gasteiger partial charge in [-0.05, 0) is 48.7 Å². The molecule has 0 aromatic heterocycles. The van der Waals surface area contributed by atoms with E-state index in [0.29, 0.717) is 12.8 Å². The van der Waals surface area contributed by atoms with Crippen molar-refractivity contribution in [3.05, 3.63) is 106 Å². The summed E-state index contributed by atoms with van der Waals surface area (Å²) < 4.78 is 24.8. The van der Waals surface area contributed by atoms with Crippen LogP contribution in [-0.4, -0.2) is 14.1 Å². The van der Waals surface area contributed by atoms with Crippen molar-refractivity contribution in [1.82, 2.24) is 0 Å². The largest absolute Gasteiger partial charge is 1.00 e. The van der Waals surface area contributed by atoms with Gasteiger partial charge in [-0.1, -0.05) is 78.4 Å². The Kier molecular flexibility index (Phi) is 6.64. The van der Waals surface area contributed by atoms with E-state index in [4.69, 9.17) is 0 Å². The minimum absolute atomic E-state index is 0. The van der Waals surface area contributed by atoms with Gasteiger partial charge in [0.25, 0.3) is 0 Å². The van der Waals surface area contributed by atoms with Crippen LogP contribution in [0.3, 0.4) is 0 Å². The van der Waals surface area contributed by atoms with E-state index in [-0.39, 0.29) is 39.9 Å². The molecule has 4 nitrogen and oxygen atoms in total. The van der Waals surface area contributed by atoms with Crippen molar-refractivity contribution >= 4 is 15.7 Å². The summed E-state index contributed by atoms with van der Waals surface area (Å²) >= 11 is 0. The first-order valence-corrected chi connectivity index (χ1v) is 10.6. The Labute approximate surface area is 194 Å². The number of sulfonamides is 1. The number of hydrogen-bond donors (Lipinski definition) is 0. The van der Waals surface area contributed by atoms with E-state index >= 15 is 0 Å². The Morgan fingerprint density at radius 3 is 1.76 bits per heavy atom. The summed E-state index contributed by atoms with van der Waals surface area (Å²) in [4.78, 5) is 3.86. The van der Waals surface area contributed by atoms with E-state index in [1.165, 1.54) is 11.1 Å². The third-order valence-corrected chi connectivity index (χ3v) is 6.44. The van der Waals surface area contributed by atoms with E-state index in [1.54, 1.807) is 24.3 Å². The molecule has 29 heavy (non-hydrogen) atoms. The Morgan fingerprint density at radius 1 is 0.793 bits per heavy atom. The fraction of sp³-hybridized carbons (Fsp3) is 0.174. The number of aryl methyl sites for hydroxylation is 1. The molecular weight excluding hydrogens is 391 g/mol. The smallest absolute Gasteiger partial charge is 0.491 e. The Balaban J connectivity index is 0.00000240. The van der Waals surface area contributed by atoms with Crippen LogP contribution in [0, 0.1) is 6.92 Å². The van der Waals surface area contributed by atoms with Crippen molar-refractivity contribution in [2.75, 3.05) is 0 Å². The molecule has 0 heterocycles. The summed E-state index contributed by atoms with van der Waals surface area (Å²) in [6.07, 6.45) is 1.32. The van der Waals surface area contributed by atoms with Gasteiger partial charge < -0.3 is 9.93 Å². The van der Waals surface area contributed by atoms with Crippen LogP contribution in [0.15, 0.2) is 94.9 Å². The second kappa shape index (κ2) is 8.84. The molecule has 142 valence electrons. The van der Waals surface area contributed by atoms with Crippen molar-refractivity contribution in [3.63, 3.8) is 0 Å². The molecule has 0 spiro atoms. The van der Waals surface area contributed by atoms with Crippen molar-refractivity contribution in [2.45, 2.75) is 30.1 Å². The summed E-state index contributed by atoms with van der Waals surface area (Å²) in [6.45, 7) is 1.91. The quantitative estimate of drug-likeness (QED) is 0.477. The van der Waals surface area contributed by atoms with Crippen LogP contribution >= 0.6 is 0 Å². The first-order chi connectivity index (χ1) is 13.5. The molecule has 1 aliphatic carbocycles. The first-order valence-electron chi connectivity index (χ1n) is 9.20. The summed E-state index contributed by atoms with van der Waals surface area (Å²) in [5, 5.41) is 4.10. The van der Waals surface area contributed by atoms with Gasteiger partial charge in [-0.25, -0.2) is 8.42 Å². The third kappa shape index (κ3) is 4.48. The molecule has 3 aromatic carbocycles. The van der Waals surface area contributed by atoms with Crippen LogP contribution in [0.5, 0.6) is 0 Å². The number of benzene rings is 3.